The van der Waals surface area contributed by atoms with Gasteiger partial charge in [0.1, 0.15) is 5.76 Å². The molecule has 2 amide bonds. The summed E-state index contributed by atoms with van der Waals surface area (Å²) < 4.78 is 5.70. The van der Waals surface area contributed by atoms with Crippen molar-refractivity contribution in [1.82, 2.24) is 0 Å². The minimum atomic E-state index is -0.465. The zero-order chi connectivity index (χ0) is 24.2. The monoisotopic (exact) mass is 455 g/mol. The Morgan fingerprint density at radius 1 is 0.794 bits per heavy atom. The first kappa shape index (κ1) is 22.5. The van der Waals surface area contributed by atoms with Crippen LogP contribution in [0.3, 0.4) is 0 Å². The number of non-ortho nitro benzene ring substituents is 1. The number of nitro benzene ring substituents is 1. The molecule has 0 bridgehead atoms. The van der Waals surface area contributed by atoms with Crippen LogP contribution in [0, 0.1) is 24.0 Å². The standard InChI is InChI=1S/C26H21N3O5/c1-16-6-3-4-9-22(16)25(30)27-18-7-5-8-19(15-18)28-26(31)24-13-12-23(34-24)21-11-10-20(29(32)33)14-17(21)2/h3-15H,1-2H3,(H,27,30)(H,28,31). The second-order valence-electron chi connectivity index (χ2n) is 7.72. The van der Waals surface area contributed by atoms with Crippen molar-refractivity contribution >= 4 is 28.9 Å². The van der Waals surface area contributed by atoms with Gasteiger partial charge >= 0.3 is 0 Å². The third-order valence-electron chi connectivity index (χ3n) is 5.28. The van der Waals surface area contributed by atoms with Gasteiger partial charge in [0.15, 0.2) is 5.76 Å². The van der Waals surface area contributed by atoms with E-state index in [0.717, 1.165) is 5.56 Å². The highest BCUT2D eigenvalue weighted by Crippen LogP contribution is 2.29. The van der Waals surface area contributed by atoms with Gasteiger partial charge in [0, 0.05) is 34.6 Å². The third kappa shape index (κ3) is 4.86. The first-order chi connectivity index (χ1) is 16.3. The highest BCUT2D eigenvalue weighted by molar-refractivity contribution is 6.06. The number of amides is 2. The molecule has 0 saturated carbocycles. The van der Waals surface area contributed by atoms with Gasteiger partial charge in [-0.3, -0.25) is 19.7 Å². The van der Waals surface area contributed by atoms with E-state index in [0.29, 0.717) is 33.8 Å². The number of furan rings is 1. The maximum atomic E-state index is 12.7. The number of nitrogens with one attached hydrogen (secondary N) is 2. The summed E-state index contributed by atoms with van der Waals surface area (Å²) >= 11 is 0. The number of hydrogen-bond acceptors (Lipinski definition) is 5. The van der Waals surface area contributed by atoms with Crippen molar-refractivity contribution in [2.45, 2.75) is 13.8 Å². The van der Waals surface area contributed by atoms with E-state index in [-0.39, 0.29) is 17.4 Å². The summed E-state index contributed by atoms with van der Waals surface area (Å²) in [5, 5.41) is 16.5. The van der Waals surface area contributed by atoms with Crippen molar-refractivity contribution in [3.05, 3.63) is 111 Å². The number of nitro groups is 1. The van der Waals surface area contributed by atoms with Gasteiger partial charge in [-0.05, 0) is 67.4 Å². The summed E-state index contributed by atoms with van der Waals surface area (Å²) in [4.78, 5) is 35.7. The van der Waals surface area contributed by atoms with Crippen molar-refractivity contribution in [2.24, 2.45) is 0 Å². The normalized spacial score (nSPS) is 10.5. The van der Waals surface area contributed by atoms with Crippen LogP contribution in [0.15, 0.2) is 83.3 Å². The fourth-order valence-corrected chi connectivity index (χ4v) is 3.54. The minimum absolute atomic E-state index is 0.0137. The zero-order valence-electron chi connectivity index (χ0n) is 18.5. The fraction of sp³-hybridized carbons (Fsp3) is 0.0769. The molecule has 170 valence electrons. The van der Waals surface area contributed by atoms with Crippen LogP contribution >= 0.6 is 0 Å². The molecule has 0 atom stereocenters. The highest BCUT2D eigenvalue weighted by Gasteiger charge is 2.16. The quantitative estimate of drug-likeness (QED) is 0.274. The number of aryl methyl sites for hydroxylation is 2. The van der Waals surface area contributed by atoms with Crippen LogP contribution in [0.1, 0.15) is 32.0 Å². The van der Waals surface area contributed by atoms with Crippen molar-refractivity contribution in [3.63, 3.8) is 0 Å². The van der Waals surface area contributed by atoms with E-state index in [1.165, 1.54) is 18.2 Å². The van der Waals surface area contributed by atoms with E-state index in [1.54, 1.807) is 55.5 Å². The molecule has 0 radical (unpaired) electrons. The summed E-state index contributed by atoms with van der Waals surface area (Å²) in [6.45, 7) is 3.60. The number of carbonyl (C=O) groups excluding carboxylic acids is 2. The van der Waals surface area contributed by atoms with Crippen molar-refractivity contribution in [1.29, 1.82) is 0 Å². The smallest absolute Gasteiger partial charge is 0.291 e. The van der Waals surface area contributed by atoms with E-state index in [1.807, 2.05) is 19.1 Å². The molecule has 0 aliphatic heterocycles. The number of carbonyl (C=O) groups is 2. The molecule has 3 aromatic carbocycles. The molecular formula is C26H21N3O5. The Morgan fingerprint density at radius 2 is 1.50 bits per heavy atom. The van der Waals surface area contributed by atoms with Gasteiger partial charge in [0.25, 0.3) is 17.5 Å². The first-order valence-electron chi connectivity index (χ1n) is 10.5. The van der Waals surface area contributed by atoms with E-state index in [9.17, 15) is 19.7 Å². The molecule has 0 spiro atoms. The average molecular weight is 455 g/mol. The lowest BCUT2D eigenvalue weighted by molar-refractivity contribution is -0.384. The van der Waals surface area contributed by atoms with Gasteiger partial charge in [0.2, 0.25) is 0 Å². The maximum Gasteiger partial charge on any atom is 0.291 e. The van der Waals surface area contributed by atoms with Crippen molar-refractivity contribution < 1.29 is 18.9 Å². The number of hydrogen-bond donors (Lipinski definition) is 2. The SMILES string of the molecule is Cc1ccccc1C(=O)Nc1cccc(NC(=O)c2ccc(-c3ccc([N+](=O)[O-])cc3C)o2)c1. The number of nitrogens with zero attached hydrogens (tertiary/aromatic N) is 1. The third-order valence-corrected chi connectivity index (χ3v) is 5.28. The molecule has 8 heteroatoms. The Hall–Kier alpha value is -4.72. The molecule has 0 saturated heterocycles. The Labute approximate surface area is 195 Å². The molecule has 8 nitrogen and oxygen atoms in total. The fourth-order valence-electron chi connectivity index (χ4n) is 3.54. The molecule has 0 aliphatic rings. The largest absolute Gasteiger partial charge is 0.451 e. The Morgan fingerprint density at radius 3 is 2.18 bits per heavy atom. The van der Waals surface area contributed by atoms with Gasteiger partial charge in [0.05, 0.1) is 4.92 Å². The van der Waals surface area contributed by atoms with Crippen LogP contribution in [0.4, 0.5) is 17.1 Å². The first-order valence-corrected chi connectivity index (χ1v) is 10.5. The van der Waals surface area contributed by atoms with Crippen LogP contribution in [0.2, 0.25) is 0 Å². The molecule has 0 fully saturated rings. The van der Waals surface area contributed by atoms with Crippen LogP contribution < -0.4 is 10.6 Å². The molecule has 2 N–H and O–H groups in total. The van der Waals surface area contributed by atoms with Gasteiger partial charge < -0.3 is 15.1 Å². The van der Waals surface area contributed by atoms with Crippen molar-refractivity contribution in [2.75, 3.05) is 10.6 Å². The molecule has 4 rings (SSSR count). The van der Waals surface area contributed by atoms with E-state index >= 15 is 0 Å². The molecule has 4 aromatic rings. The maximum absolute atomic E-state index is 12.7. The van der Waals surface area contributed by atoms with Crippen molar-refractivity contribution in [3.8, 4) is 11.3 Å². The predicted octanol–water partition coefficient (Wildman–Crippen LogP) is 5.98. The van der Waals surface area contributed by atoms with Gasteiger partial charge in [-0.15, -0.1) is 0 Å². The average Bonchev–Trinajstić information content (AvgIpc) is 3.29. The Bertz CT molecular complexity index is 1410. The van der Waals surface area contributed by atoms with E-state index in [4.69, 9.17) is 4.42 Å². The summed E-state index contributed by atoms with van der Waals surface area (Å²) in [5.74, 6) is -0.192. The van der Waals surface area contributed by atoms with E-state index in [2.05, 4.69) is 10.6 Å². The summed E-state index contributed by atoms with van der Waals surface area (Å²) in [7, 11) is 0. The number of rotatable bonds is 6. The van der Waals surface area contributed by atoms with Gasteiger partial charge in [-0.25, -0.2) is 0 Å². The van der Waals surface area contributed by atoms with Crippen LogP contribution in [0.25, 0.3) is 11.3 Å². The summed E-state index contributed by atoms with van der Waals surface area (Å²) in [5.41, 5.74) is 3.76. The lowest BCUT2D eigenvalue weighted by atomic mass is 10.1. The molecule has 34 heavy (non-hydrogen) atoms. The molecular weight excluding hydrogens is 434 g/mol. The van der Waals surface area contributed by atoms with Gasteiger partial charge in [-0.2, -0.15) is 0 Å². The summed E-state index contributed by atoms with van der Waals surface area (Å²) in [6.07, 6.45) is 0. The topological polar surface area (TPSA) is 114 Å². The van der Waals surface area contributed by atoms with E-state index < -0.39 is 10.8 Å². The van der Waals surface area contributed by atoms with Crippen LogP contribution in [0.5, 0.6) is 0 Å². The van der Waals surface area contributed by atoms with Crippen LogP contribution in [-0.2, 0) is 0 Å². The number of anilines is 2. The lowest BCUT2D eigenvalue weighted by Crippen LogP contribution is -2.14. The zero-order valence-corrected chi connectivity index (χ0v) is 18.5. The minimum Gasteiger partial charge on any atom is -0.451 e. The second kappa shape index (κ2) is 9.41. The molecule has 0 unspecified atom stereocenters. The molecule has 1 heterocycles. The molecule has 1 aromatic heterocycles. The highest BCUT2D eigenvalue weighted by atomic mass is 16.6. The van der Waals surface area contributed by atoms with Crippen LogP contribution in [-0.4, -0.2) is 16.7 Å². The molecule has 0 aliphatic carbocycles. The number of benzene rings is 3. The predicted molar refractivity (Wildman–Crippen MR) is 129 cm³/mol. The second-order valence-corrected chi connectivity index (χ2v) is 7.72. The lowest BCUT2D eigenvalue weighted by Gasteiger charge is -2.09. The summed E-state index contributed by atoms with van der Waals surface area (Å²) in [6, 6.07) is 21.7. The Balaban J connectivity index is 1.47. The van der Waals surface area contributed by atoms with Gasteiger partial charge in [-0.1, -0.05) is 24.3 Å². The Kier molecular flexibility index (Phi) is 6.22.